The van der Waals surface area contributed by atoms with Crippen molar-refractivity contribution in [3.8, 4) is 0 Å². The molecule has 0 atom stereocenters. The van der Waals surface area contributed by atoms with Crippen LogP contribution in [-0.2, 0) is 13.1 Å². The molecule has 0 aliphatic carbocycles. The van der Waals surface area contributed by atoms with Crippen molar-refractivity contribution in [2.45, 2.75) is 26.9 Å². The molecule has 2 heterocycles. The second-order valence-electron chi connectivity index (χ2n) is 6.77. The smallest absolute Gasteiger partial charge is 0.287 e. The van der Waals surface area contributed by atoms with E-state index in [0.29, 0.717) is 24.4 Å². The maximum atomic E-state index is 12.5. The van der Waals surface area contributed by atoms with Crippen molar-refractivity contribution in [3.63, 3.8) is 0 Å². The number of hydrogen-bond donors (Lipinski definition) is 1. The maximum Gasteiger partial charge on any atom is 0.287 e. The van der Waals surface area contributed by atoms with Crippen molar-refractivity contribution in [1.82, 2.24) is 15.1 Å². The molecule has 1 amide bonds. The van der Waals surface area contributed by atoms with Crippen LogP contribution < -0.4 is 5.32 Å². The molecule has 0 bridgehead atoms. The number of furan rings is 1. The van der Waals surface area contributed by atoms with Gasteiger partial charge >= 0.3 is 0 Å². The van der Waals surface area contributed by atoms with Gasteiger partial charge in [-0.15, -0.1) is 0 Å². The molecule has 6 heteroatoms. The Kier molecular flexibility index (Phi) is 5.05. The third-order valence-electron chi connectivity index (χ3n) is 4.83. The zero-order chi connectivity index (χ0) is 19.7. The molecule has 0 fully saturated rings. The van der Waals surface area contributed by atoms with Gasteiger partial charge in [0.05, 0.1) is 12.2 Å². The third-order valence-corrected chi connectivity index (χ3v) is 5.33. The van der Waals surface area contributed by atoms with Gasteiger partial charge in [-0.05, 0) is 43.7 Å². The van der Waals surface area contributed by atoms with E-state index in [1.54, 1.807) is 6.07 Å². The first kappa shape index (κ1) is 18.5. The summed E-state index contributed by atoms with van der Waals surface area (Å²) >= 11 is 3.43. The average Bonchev–Trinajstić information content (AvgIpc) is 3.22. The lowest BCUT2D eigenvalue weighted by molar-refractivity contribution is 0.0925. The van der Waals surface area contributed by atoms with E-state index in [2.05, 4.69) is 38.5 Å². The minimum absolute atomic E-state index is 0.234. The summed E-state index contributed by atoms with van der Waals surface area (Å²) in [5.41, 5.74) is 4.88. The Morgan fingerprint density at radius 3 is 2.71 bits per heavy atom. The summed E-state index contributed by atoms with van der Waals surface area (Å²) in [6, 6.07) is 17.6. The van der Waals surface area contributed by atoms with Gasteiger partial charge in [0, 0.05) is 27.7 Å². The van der Waals surface area contributed by atoms with Crippen LogP contribution in [0.15, 0.2) is 63.5 Å². The van der Waals surface area contributed by atoms with Gasteiger partial charge in [-0.1, -0.05) is 46.3 Å². The zero-order valence-corrected chi connectivity index (χ0v) is 17.3. The molecule has 2 aromatic heterocycles. The van der Waals surface area contributed by atoms with Crippen molar-refractivity contribution in [2.24, 2.45) is 0 Å². The van der Waals surface area contributed by atoms with Crippen LogP contribution in [0.1, 0.15) is 33.1 Å². The van der Waals surface area contributed by atoms with Gasteiger partial charge in [-0.25, -0.2) is 0 Å². The minimum Gasteiger partial charge on any atom is -0.451 e. The Balaban J connectivity index is 1.48. The number of aryl methyl sites for hydroxylation is 1. The standard InChI is InChI=1S/C22H20BrN3O2/c1-14-19(15(2)26(25-14)13-16-6-4-3-5-7-16)12-24-22(27)21-11-17-10-18(23)8-9-20(17)28-21/h3-11H,12-13H2,1-2H3,(H,24,27). The quantitative estimate of drug-likeness (QED) is 0.478. The molecular formula is C22H20BrN3O2. The highest BCUT2D eigenvalue weighted by molar-refractivity contribution is 9.10. The predicted molar refractivity (Wildman–Crippen MR) is 112 cm³/mol. The topological polar surface area (TPSA) is 60.1 Å². The monoisotopic (exact) mass is 437 g/mol. The molecule has 4 aromatic rings. The molecule has 1 N–H and O–H groups in total. The summed E-state index contributed by atoms with van der Waals surface area (Å²) in [5, 5.41) is 8.48. The molecule has 0 aliphatic rings. The fourth-order valence-corrected chi connectivity index (χ4v) is 3.66. The molecule has 28 heavy (non-hydrogen) atoms. The number of nitrogens with one attached hydrogen (secondary N) is 1. The van der Waals surface area contributed by atoms with Gasteiger partial charge in [0.2, 0.25) is 0 Å². The molecule has 0 aliphatic heterocycles. The second-order valence-corrected chi connectivity index (χ2v) is 7.68. The molecule has 4 rings (SSSR count). The van der Waals surface area contributed by atoms with Gasteiger partial charge in [0.1, 0.15) is 5.58 Å². The number of amides is 1. The largest absolute Gasteiger partial charge is 0.451 e. The Morgan fingerprint density at radius 1 is 1.14 bits per heavy atom. The molecule has 0 spiro atoms. The summed E-state index contributed by atoms with van der Waals surface area (Å²) < 4.78 is 8.59. The molecular weight excluding hydrogens is 418 g/mol. The average molecular weight is 438 g/mol. The van der Waals surface area contributed by atoms with Gasteiger partial charge in [0.25, 0.3) is 5.91 Å². The van der Waals surface area contributed by atoms with Crippen molar-refractivity contribution in [3.05, 3.63) is 87.3 Å². The molecule has 0 radical (unpaired) electrons. The van der Waals surface area contributed by atoms with E-state index in [-0.39, 0.29) is 5.91 Å². The summed E-state index contributed by atoms with van der Waals surface area (Å²) in [6.07, 6.45) is 0. The zero-order valence-electron chi connectivity index (χ0n) is 15.7. The summed E-state index contributed by atoms with van der Waals surface area (Å²) in [7, 11) is 0. The Morgan fingerprint density at radius 2 is 1.93 bits per heavy atom. The highest BCUT2D eigenvalue weighted by atomic mass is 79.9. The molecule has 2 aromatic carbocycles. The number of fused-ring (bicyclic) bond motifs is 1. The van der Waals surface area contributed by atoms with Crippen LogP contribution in [0.25, 0.3) is 11.0 Å². The summed E-state index contributed by atoms with van der Waals surface area (Å²) in [6.45, 7) is 5.11. The van der Waals surface area contributed by atoms with E-state index < -0.39 is 0 Å². The first-order valence-electron chi connectivity index (χ1n) is 9.05. The predicted octanol–water partition coefficient (Wildman–Crippen LogP) is 4.99. The number of halogens is 1. The van der Waals surface area contributed by atoms with Crippen LogP contribution in [0.5, 0.6) is 0 Å². The number of rotatable bonds is 5. The molecule has 0 saturated carbocycles. The molecule has 0 unspecified atom stereocenters. The summed E-state index contributed by atoms with van der Waals surface area (Å²) in [4.78, 5) is 12.5. The number of carbonyl (C=O) groups is 1. The van der Waals surface area contributed by atoms with Crippen LogP contribution in [0.3, 0.4) is 0 Å². The number of hydrogen-bond acceptors (Lipinski definition) is 3. The normalized spacial score (nSPS) is 11.1. The van der Waals surface area contributed by atoms with E-state index in [1.807, 2.05) is 54.9 Å². The number of nitrogens with zero attached hydrogens (tertiary/aromatic N) is 2. The van der Waals surface area contributed by atoms with Crippen molar-refractivity contribution >= 4 is 32.8 Å². The van der Waals surface area contributed by atoms with Gasteiger partial charge in [-0.2, -0.15) is 5.10 Å². The van der Waals surface area contributed by atoms with Crippen molar-refractivity contribution in [2.75, 3.05) is 0 Å². The lowest BCUT2D eigenvalue weighted by Gasteiger charge is -2.06. The number of aromatic nitrogens is 2. The fourth-order valence-electron chi connectivity index (χ4n) is 3.28. The lowest BCUT2D eigenvalue weighted by atomic mass is 10.2. The molecule has 142 valence electrons. The third kappa shape index (κ3) is 3.73. The first-order valence-corrected chi connectivity index (χ1v) is 9.84. The van der Waals surface area contributed by atoms with E-state index in [9.17, 15) is 4.79 Å². The molecule has 0 saturated heterocycles. The summed E-state index contributed by atoms with van der Waals surface area (Å²) in [5.74, 6) is 0.0713. The van der Waals surface area contributed by atoms with Crippen LogP contribution >= 0.6 is 15.9 Å². The second kappa shape index (κ2) is 7.64. The minimum atomic E-state index is -0.234. The van der Waals surface area contributed by atoms with E-state index >= 15 is 0 Å². The SMILES string of the molecule is Cc1nn(Cc2ccccc2)c(C)c1CNC(=O)c1cc2cc(Br)ccc2o1. The fraction of sp³-hybridized carbons (Fsp3) is 0.182. The van der Waals surface area contributed by atoms with Crippen LogP contribution in [0.4, 0.5) is 0 Å². The van der Waals surface area contributed by atoms with E-state index in [1.165, 1.54) is 5.56 Å². The highest BCUT2D eigenvalue weighted by Crippen LogP contribution is 2.23. The molecule has 5 nitrogen and oxygen atoms in total. The van der Waals surface area contributed by atoms with Gasteiger partial charge in [0.15, 0.2) is 5.76 Å². The van der Waals surface area contributed by atoms with Gasteiger partial charge < -0.3 is 9.73 Å². The highest BCUT2D eigenvalue weighted by Gasteiger charge is 2.16. The van der Waals surface area contributed by atoms with Crippen LogP contribution in [0.2, 0.25) is 0 Å². The van der Waals surface area contributed by atoms with Crippen molar-refractivity contribution < 1.29 is 9.21 Å². The Labute approximate surface area is 171 Å². The number of benzene rings is 2. The van der Waals surface area contributed by atoms with E-state index in [0.717, 1.165) is 26.8 Å². The van der Waals surface area contributed by atoms with Crippen LogP contribution in [0, 0.1) is 13.8 Å². The lowest BCUT2D eigenvalue weighted by Crippen LogP contribution is -2.23. The Bertz CT molecular complexity index is 1150. The maximum absolute atomic E-state index is 12.5. The van der Waals surface area contributed by atoms with Crippen LogP contribution in [-0.4, -0.2) is 15.7 Å². The Hall–Kier alpha value is -2.86. The first-order chi connectivity index (χ1) is 13.5. The number of carbonyl (C=O) groups excluding carboxylic acids is 1. The van der Waals surface area contributed by atoms with E-state index in [4.69, 9.17) is 4.42 Å². The van der Waals surface area contributed by atoms with Gasteiger partial charge in [-0.3, -0.25) is 9.48 Å². The van der Waals surface area contributed by atoms with Crippen molar-refractivity contribution in [1.29, 1.82) is 0 Å².